The maximum Gasteiger partial charge on any atom is 0.270 e. The molecular weight excluding hydrogens is 443 g/mol. The average Bonchev–Trinajstić information content (AvgIpc) is 3.08. The molecule has 26 heavy (non-hydrogen) atoms. The van der Waals surface area contributed by atoms with Crippen molar-refractivity contribution >= 4 is 40.1 Å². The Kier molecular flexibility index (Phi) is 6.29. The van der Waals surface area contributed by atoms with E-state index in [4.69, 9.17) is 0 Å². The molecule has 138 valence electrons. The van der Waals surface area contributed by atoms with Gasteiger partial charge in [0.25, 0.3) is 5.91 Å². The molecule has 6 nitrogen and oxygen atoms in total. The van der Waals surface area contributed by atoms with Gasteiger partial charge in [0, 0.05) is 22.5 Å². The van der Waals surface area contributed by atoms with Gasteiger partial charge in [0.2, 0.25) is 5.91 Å². The molecule has 0 bridgehead atoms. The summed E-state index contributed by atoms with van der Waals surface area (Å²) in [5.41, 5.74) is 1.19. The lowest BCUT2D eigenvalue weighted by Gasteiger charge is -2.30. The van der Waals surface area contributed by atoms with Crippen molar-refractivity contribution in [3.8, 4) is 0 Å². The minimum Gasteiger partial charge on any atom is -0.339 e. The molecular formula is C19H23IN4O2. The third-order valence-corrected chi connectivity index (χ3v) is 5.57. The van der Waals surface area contributed by atoms with Gasteiger partial charge in [-0.2, -0.15) is 5.10 Å². The third-order valence-electron chi connectivity index (χ3n) is 4.86. The van der Waals surface area contributed by atoms with E-state index in [1.807, 2.05) is 24.3 Å². The van der Waals surface area contributed by atoms with Crippen molar-refractivity contribution in [2.24, 2.45) is 13.0 Å². The molecule has 2 N–H and O–H groups in total. The van der Waals surface area contributed by atoms with E-state index in [2.05, 4.69) is 38.3 Å². The SMILES string of the molecule is Cn1nccc1C(=O)N[C@H](C(=O)Nc1ccc(I)cc1)C1CCCCC1. The lowest BCUT2D eigenvalue weighted by atomic mass is 9.83. The number of carbonyl (C=O) groups excluding carboxylic acids is 2. The molecule has 1 saturated carbocycles. The Labute approximate surface area is 166 Å². The molecule has 0 unspecified atom stereocenters. The van der Waals surface area contributed by atoms with E-state index in [9.17, 15) is 9.59 Å². The molecule has 1 aromatic heterocycles. The van der Waals surface area contributed by atoms with Crippen molar-refractivity contribution in [3.63, 3.8) is 0 Å². The van der Waals surface area contributed by atoms with Crippen LogP contribution in [0.15, 0.2) is 36.5 Å². The molecule has 7 heteroatoms. The van der Waals surface area contributed by atoms with Gasteiger partial charge in [-0.05, 0) is 71.7 Å². The number of halogens is 1. The number of nitrogens with zero attached hydrogens (tertiary/aromatic N) is 2. The first-order valence-corrected chi connectivity index (χ1v) is 9.98. The van der Waals surface area contributed by atoms with Gasteiger partial charge in [-0.25, -0.2) is 0 Å². The van der Waals surface area contributed by atoms with Crippen LogP contribution >= 0.6 is 22.6 Å². The standard InChI is InChI=1S/C19H23IN4O2/c1-24-16(11-12-21-24)18(25)23-17(13-5-3-2-4-6-13)19(26)22-15-9-7-14(20)8-10-15/h7-13,17H,2-6H2,1H3,(H,22,26)(H,23,25)/t17-/m0/s1. The number of benzene rings is 1. The minimum atomic E-state index is -0.544. The summed E-state index contributed by atoms with van der Waals surface area (Å²) in [7, 11) is 1.72. The van der Waals surface area contributed by atoms with Crippen LogP contribution < -0.4 is 10.6 Å². The van der Waals surface area contributed by atoms with E-state index < -0.39 is 6.04 Å². The number of amides is 2. The van der Waals surface area contributed by atoms with Gasteiger partial charge in [-0.15, -0.1) is 0 Å². The highest BCUT2D eigenvalue weighted by atomic mass is 127. The van der Waals surface area contributed by atoms with Gasteiger partial charge in [-0.1, -0.05) is 19.3 Å². The van der Waals surface area contributed by atoms with Gasteiger partial charge >= 0.3 is 0 Å². The second-order valence-electron chi connectivity index (χ2n) is 6.69. The van der Waals surface area contributed by atoms with E-state index in [-0.39, 0.29) is 17.7 Å². The van der Waals surface area contributed by atoms with Crippen LogP contribution in [0.25, 0.3) is 0 Å². The molecule has 1 heterocycles. The summed E-state index contributed by atoms with van der Waals surface area (Å²) in [6, 6.07) is 8.75. The number of rotatable bonds is 5. The quantitative estimate of drug-likeness (QED) is 0.664. The fourth-order valence-electron chi connectivity index (χ4n) is 3.43. The third kappa shape index (κ3) is 4.63. The Balaban J connectivity index is 1.75. The first-order valence-electron chi connectivity index (χ1n) is 8.90. The zero-order valence-corrected chi connectivity index (χ0v) is 16.9. The number of carbonyl (C=O) groups is 2. The molecule has 0 aliphatic heterocycles. The highest BCUT2D eigenvalue weighted by Gasteiger charge is 2.31. The maximum atomic E-state index is 12.9. The van der Waals surface area contributed by atoms with Crippen LogP contribution in [0.4, 0.5) is 5.69 Å². The van der Waals surface area contributed by atoms with E-state index in [1.54, 1.807) is 19.3 Å². The zero-order valence-electron chi connectivity index (χ0n) is 14.7. The Morgan fingerprint density at radius 3 is 2.46 bits per heavy atom. The van der Waals surface area contributed by atoms with Crippen molar-refractivity contribution < 1.29 is 9.59 Å². The summed E-state index contributed by atoms with van der Waals surface area (Å²) >= 11 is 2.23. The van der Waals surface area contributed by atoms with Crippen molar-refractivity contribution in [3.05, 3.63) is 45.8 Å². The predicted octanol–water partition coefficient (Wildman–Crippen LogP) is 3.34. The lowest BCUT2D eigenvalue weighted by molar-refractivity contribution is -0.119. The molecule has 1 aliphatic carbocycles. The van der Waals surface area contributed by atoms with Crippen LogP contribution in [-0.4, -0.2) is 27.6 Å². The topological polar surface area (TPSA) is 76.0 Å². The monoisotopic (exact) mass is 466 g/mol. The number of anilines is 1. The fraction of sp³-hybridized carbons (Fsp3) is 0.421. The van der Waals surface area contributed by atoms with Gasteiger partial charge in [-0.3, -0.25) is 14.3 Å². The molecule has 2 aromatic rings. The van der Waals surface area contributed by atoms with Crippen LogP contribution in [0.2, 0.25) is 0 Å². The summed E-state index contributed by atoms with van der Waals surface area (Å²) in [6.07, 6.45) is 6.87. The molecule has 3 rings (SSSR count). The second kappa shape index (κ2) is 8.66. The number of hydrogen-bond acceptors (Lipinski definition) is 3. The number of aryl methyl sites for hydroxylation is 1. The Morgan fingerprint density at radius 2 is 1.85 bits per heavy atom. The van der Waals surface area contributed by atoms with Crippen LogP contribution in [0.5, 0.6) is 0 Å². The summed E-state index contributed by atoms with van der Waals surface area (Å²) in [6.45, 7) is 0. The van der Waals surface area contributed by atoms with Crippen molar-refractivity contribution in [1.29, 1.82) is 0 Å². The largest absolute Gasteiger partial charge is 0.339 e. The molecule has 1 atom stereocenters. The molecule has 0 radical (unpaired) electrons. The molecule has 2 amide bonds. The predicted molar refractivity (Wildman–Crippen MR) is 109 cm³/mol. The van der Waals surface area contributed by atoms with Crippen LogP contribution in [0, 0.1) is 9.49 Å². The summed E-state index contributed by atoms with van der Waals surface area (Å²) in [4.78, 5) is 25.6. The van der Waals surface area contributed by atoms with E-state index in [0.717, 1.165) is 34.9 Å². The van der Waals surface area contributed by atoms with Crippen molar-refractivity contribution in [2.75, 3.05) is 5.32 Å². The highest BCUT2D eigenvalue weighted by Crippen LogP contribution is 2.27. The molecule has 0 spiro atoms. The number of hydrogen-bond donors (Lipinski definition) is 2. The summed E-state index contributed by atoms with van der Waals surface area (Å²) < 4.78 is 2.62. The van der Waals surface area contributed by atoms with Crippen LogP contribution in [0.3, 0.4) is 0 Å². The molecule has 1 aromatic carbocycles. The normalized spacial score (nSPS) is 16.1. The highest BCUT2D eigenvalue weighted by molar-refractivity contribution is 14.1. The Hall–Kier alpha value is -1.90. The summed E-state index contributed by atoms with van der Waals surface area (Å²) in [5.74, 6) is -0.267. The number of aromatic nitrogens is 2. The van der Waals surface area contributed by atoms with Gasteiger partial charge in [0.1, 0.15) is 11.7 Å². The van der Waals surface area contributed by atoms with Gasteiger partial charge in [0.05, 0.1) is 0 Å². The van der Waals surface area contributed by atoms with Crippen LogP contribution in [-0.2, 0) is 11.8 Å². The lowest BCUT2D eigenvalue weighted by Crippen LogP contribution is -2.49. The molecule has 1 fully saturated rings. The fourth-order valence-corrected chi connectivity index (χ4v) is 3.79. The molecule has 0 saturated heterocycles. The molecule has 1 aliphatic rings. The Morgan fingerprint density at radius 1 is 1.15 bits per heavy atom. The van der Waals surface area contributed by atoms with Gasteiger partial charge < -0.3 is 10.6 Å². The minimum absolute atomic E-state index is 0.157. The first-order chi connectivity index (χ1) is 12.5. The van der Waals surface area contributed by atoms with Gasteiger partial charge in [0.15, 0.2) is 0 Å². The smallest absolute Gasteiger partial charge is 0.270 e. The average molecular weight is 466 g/mol. The Bertz CT molecular complexity index is 766. The maximum absolute atomic E-state index is 12.9. The zero-order chi connectivity index (χ0) is 18.5. The van der Waals surface area contributed by atoms with Crippen molar-refractivity contribution in [1.82, 2.24) is 15.1 Å². The van der Waals surface area contributed by atoms with Crippen molar-refractivity contribution in [2.45, 2.75) is 38.1 Å². The number of nitrogens with one attached hydrogen (secondary N) is 2. The van der Waals surface area contributed by atoms with E-state index in [1.165, 1.54) is 11.1 Å². The van der Waals surface area contributed by atoms with E-state index >= 15 is 0 Å². The van der Waals surface area contributed by atoms with E-state index in [0.29, 0.717) is 5.69 Å². The summed E-state index contributed by atoms with van der Waals surface area (Å²) in [5, 5.41) is 9.93. The second-order valence-corrected chi connectivity index (χ2v) is 7.93. The van der Waals surface area contributed by atoms with Crippen LogP contribution in [0.1, 0.15) is 42.6 Å². The first kappa shape index (κ1) is 18.9.